The Hall–Kier alpha value is -1.61. The summed E-state index contributed by atoms with van der Waals surface area (Å²) in [5.41, 5.74) is 1.65. The summed E-state index contributed by atoms with van der Waals surface area (Å²) in [6, 6.07) is 1.38. The third-order valence-corrected chi connectivity index (χ3v) is 4.78. The third-order valence-electron chi connectivity index (χ3n) is 3.82. The second-order valence-electron chi connectivity index (χ2n) is 5.28. The molecule has 1 amide bonds. The smallest absolute Gasteiger partial charge is 0.343 e. The number of hydrogen-bond donors (Lipinski definition) is 1. The van der Waals surface area contributed by atoms with Gasteiger partial charge in [0, 0.05) is 38.4 Å². The van der Waals surface area contributed by atoms with Crippen LogP contribution in [0.25, 0.3) is 0 Å². The monoisotopic (exact) mass is 333 g/mol. The first-order valence-electron chi connectivity index (χ1n) is 6.75. The normalized spacial score (nSPS) is 20.9. The maximum atomic E-state index is 13.0. The number of halogens is 3. The molecule has 120 valence electrons. The van der Waals surface area contributed by atoms with Crippen LogP contribution >= 0.6 is 11.3 Å². The summed E-state index contributed by atoms with van der Waals surface area (Å²) >= 11 is 0.628. The van der Waals surface area contributed by atoms with Crippen molar-refractivity contribution in [2.45, 2.75) is 31.7 Å². The Kier molecular flexibility index (Phi) is 3.64. The van der Waals surface area contributed by atoms with Gasteiger partial charge >= 0.3 is 6.18 Å². The van der Waals surface area contributed by atoms with Gasteiger partial charge in [-0.05, 0) is 11.4 Å². The van der Waals surface area contributed by atoms with E-state index in [4.69, 9.17) is 4.84 Å². The number of rotatable bonds is 1. The molecule has 0 aromatic carbocycles. The number of amidine groups is 1. The number of aliphatic imine (C=N–C) groups is 1. The number of amides is 1. The molecule has 9 heteroatoms. The standard InChI is InChI=1S/C13H14F3N3O2S/c1-8(20)19-5-3-12(4-6-19)17-11(18-21-12)9-2-7-22-10(9)13(14,15)16/h2,7H,3-6H2,1H3,(H,17,18). The number of nitrogens with one attached hydrogen (secondary N) is 1. The van der Waals surface area contributed by atoms with Crippen molar-refractivity contribution in [3.8, 4) is 0 Å². The molecule has 1 saturated heterocycles. The van der Waals surface area contributed by atoms with Crippen molar-refractivity contribution in [1.82, 2.24) is 10.4 Å². The second-order valence-corrected chi connectivity index (χ2v) is 6.19. The second kappa shape index (κ2) is 5.24. The molecule has 3 rings (SSSR count). The van der Waals surface area contributed by atoms with E-state index in [1.807, 2.05) is 0 Å². The van der Waals surface area contributed by atoms with Crippen molar-refractivity contribution in [1.29, 1.82) is 0 Å². The van der Waals surface area contributed by atoms with Crippen LogP contribution in [0.3, 0.4) is 0 Å². The van der Waals surface area contributed by atoms with E-state index in [1.165, 1.54) is 18.4 Å². The van der Waals surface area contributed by atoms with Gasteiger partial charge in [-0.1, -0.05) is 0 Å². The average molecular weight is 333 g/mol. The lowest BCUT2D eigenvalue weighted by Gasteiger charge is -2.34. The van der Waals surface area contributed by atoms with Crippen LogP contribution in [0, 0.1) is 0 Å². The summed E-state index contributed by atoms with van der Waals surface area (Å²) in [6.07, 6.45) is -3.51. The van der Waals surface area contributed by atoms with Gasteiger partial charge in [-0.2, -0.15) is 13.2 Å². The van der Waals surface area contributed by atoms with Crippen molar-refractivity contribution in [3.05, 3.63) is 21.9 Å². The molecule has 5 nitrogen and oxygen atoms in total. The zero-order chi connectivity index (χ0) is 16.0. The summed E-state index contributed by atoms with van der Waals surface area (Å²) in [6.45, 7) is 2.44. The Morgan fingerprint density at radius 3 is 2.73 bits per heavy atom. The maximum Gasteiger partial charge on any atom is 0.426 e. The molecule has 2 aliphatic rings. The fraction of sp³-hybridized carbons (Fsp3) is 0.538. The Bertz CT molecular complexity index is 618. The quantitative estimate of drug-likeness (QED) is 0.859. The van der Waals surface area contributed by atoms with Crippen LogP contribution in [0.4, 0.5) is 13.2 Å². The molecule has 22 heavy (non-hydrogen) atoms. The molecule has 0 atom stereocenters. The van der Waals surface area contributed by atoms with Crippen LogP contribution in [0.15, 0.2) is 16.4 Å². The average Bonchev–Trinajstić information content (AvgIpc) is 3.05. The Balaban J connectivity index is 1.81. The minimum absolute atomic E-state index is 0.00312. The van der Waals surface area contributed by atoms with Crippen LogP contribution in [0.2, 0.25) is 0 Å². The summed E-state index contributed by atoms with van der Waals surface area (Å²) in [5.74, 6) is 0.0760. The zero-order valence-electron chi connectivity index (χ0n) is 11.7. The zero-order valence-corrected chi connectivity index (χ0v) is 12.6. The number of likely N-dealkylation sites (tertiary alicyclic amines) is 1. The largest absolute Gasteiger partial charge is 0.426 e. The molecule has 0 radical (unpaired) electrons. The minimum Gasteiger partial charge on any atom is -0.343 e. The Morgan fingerprint density at radius 2 is 2.14 bits per heavy atom. The number of piperidine rings is 1. The van der Waals surface area contributed by atoms with Crippen LogP contribution in [0.1, 0.15) is 30.2 Å². The number of hydroxylamine groups is 1. The molecule has 0 bridgehead atoms. The Labute approximate surface area is 128 Å². The fourth-order valence-corrected chi connectivity index (χ4v) is 3.37. The van der Waals surface area contributed by atoms with E-state index in [1.54, 1.807) is 4.90 Å². The molecule has 3 heterocycles. The van der Waals surface area contributed by atoms with Gasteiger partial charge < -0.3 is 4.90 Å². The summed E-state index contributed by atoms with van der Waals surface area (Å²) in [7, 11) is 0. The predicted octanol–water partition coefficient (Wildman–Crippen LogP) is 2.39. The van der Waals surface area contributed by atoms with E-state index in [0.29, 0.717) is 37.3 Å². The highest BCUT2D eigenvalue weighted by Crippen LogP contribution is 2.38. The number of nitrogens with zero attached hydrogens (tertiary/aromatic N) is 2. The van der Waals surface area contributed by atoms with Crippen molar-refractivity contribution >= 4 is 23.1 Å². The number of thiophene rings is 1. The highest BCUT2D eigenvalue weighted by molar-refractivity contribution is 7.10. The molecule has 1 aromatic rings. The van der Waals surface area contributed by atoms with Crippen molar-refractivity contribution in [2.75, 3.05) is 13.1 Å². The van der Waals surface area contributed by atoms with Gasteiger partial charge in [-0.15, -0.1) is 11.3 Å². The Morgan fingerprint density at radius 1 is 1.45 bits per heavy atom. The number of alkyl halides is 3. The molecular weight excluding hydrogens is 319 g/mol. The van der Waals surface area contributed by atoms with E-state index in [9.17, 15) is 18.0 Å². The van der Waals surface area contributed by atoms with Crippen molar-refractivity contribution in [2.24, 2.45) is 4.99 Å². The van der Waals surface area contributed by atoms with Gasteiger partial charge in [0.2, 0.25) is 5.91 Å². The maximum absolute atomic E-state index is 13.0. The van der Waals surface area contributed by atoms with Crippen LogP contribution in [-0.2, 0) is 15.8 Å². The van der Waals surface area contributed by atoms with Gasteiger partial charge in [0.25, 0.3) is 0 Å². The number of carbonyl (C=O) groups excluding carboxylic acids is 1. The minimum atomic E-state index is -4.42. The van der Waals surface area contributed by atoms with Gasteiger partial charge in [0.05, 0.1) is 0 Å². The van der Waals surface area contributed by atoms with E-state index in [0.717, 1.165) is 0 Å². The van der Waals surface area contributed by atoms with Crippen LogP contribution < -0.4 is 5.48 Å². The molecule has 0 unspecified atom stereocenters. The van der Waals surface area contributed by atoms with E-state index in [-0.39, 0.29) is 17.3 Å². The first kappa shape index (κ1) is 15.3. The van der Waals surface area contributed by atoms with E-state index in [2.05, 4.69) is 10.5 Å². The third kappa shape index (κ3) is 2.70. The first-order chi connectivity index (χ1) is 10.3. The lowest BCUT2D eigenvalue weighted by molar-refractivity contribution is -0.136. The SMILES string of the molecule is CC(=O)N1CCC2(CC1)N=C(c1ccsc1C(F)(F)F)NO2. The van der Waals surface area contributed by atoms with Crippen LogP contribution in [0.5, 0.6) is 0 Å². The molecule has 1 aromatic heterocycles. The molecule has 0 saturated carbocycles. The lowest BCUT2D eigenvalue weighted by atomic mass is 10.0. The van der Waals surface area contributed by atoms with E-state index >= 15 is 0 Å². The van der Waals surface area contributed by atoms with Gasteiger partial charge in [0.15, 0.2) is 11.6 Å². The highest BCUT2D eigenvalue weighted by atomic mass is 32.1. The topological polar surface area (TPSA) is 53.9 Å². The molecule has 1 N–H and O–H groups in total. The number of hydrogen-bond acceptors (Lipinski definition) is 5. The van der Waals surface area contributed by atoms with Gasteiger partial charge in [-0.25, -0.2) is 15.3 Å². The molecular formula is C13H14F3N3O2S. The summed E-state index contributed by atoms with van der Waals surface area (Å²) in [4.78, 5) is 22.1. The highest BCUT2D eigenvalue weighted by Gasteiger charge is 2.43. The van der Waals surface area contributed by atoms with Crippen molar-refractivity contribution < 1.29 is 22.8 Å². The number of carbonyl (C=O) groups is 1. The molecule has 1 fully saturated rings. The predicted molar refractivity (Wildman–Crippen MR) is 74.3 cm³/mol. The van der Waals surface area contributed by atoms with E-state index < -0.39 is 16.8 Å². The molecule has 0 aliphatic carbocycles. The molecule has 1 spiro atoms. The fourth-order valence-electron chi connectivity index (χ4n) is 2.61. The van der Waals surface area contributed by atoms with Gasteiger partial charge in [-0.3, -0.25) is 4.79 Å². The summed E-state index contributed by atoms with van der Waals surface area (Å²) in [5, 5.41) is 1.38. The van der Waals surface area contributed by atoms with Crippen molar-refractivity contribution in [3.63, 3.8) is 0 Å². The molecule has 2 aliphatic heterocycles. The summed E-state index contributed by atoms with van der Waals surface area (Å²) < 4.78 is 38.9. The van der Waals surface area contributed by atoms with Crippen LogP contribution in [-0.4, -0.2) is 35.5 Å². The first-order valence-corrected chi connectivity index (χ1v) is 7.63. The van der Waals surface area contributed by atoms with Gasteiger partial charge in [0.1, 0.15) is 4.88 Å². The lowest BCUT2D eigenvalue weighted by Crippen LogP contribution is -2.46.